The highest BCUT2D eigenvalue weighted by atomic mass is 16.1. The summed E-state index contributed by atoms with van der Waals surface area (Å²) in [4.78, 5) is 15.4. The summed E-state index contributed by atoms with van der Waals surface area (Å²) >= 11 is 0. The van der Waals surface area contributed by atoms with E-state index < -0.39 is 0 Å². The largest absolute Gasteiger partial charge is 0.300 e. The molecule has 0 saturated carbocycles. The van der Waals surface area contributed by atoms with Crippen molar-refractivity contribution in [1.82, 2.24) is 4.98 Å². The van der Waals surface area contributed by atoms with Gasteiger partial charge in [0.25, 0.3) is 0 Å². The monoisotopic (exact) mass is 205 g/mol. The van der Waals surface area contributed by atoms with Gasteiger partial charge in [-0.05, 0) is 50.8 Å². The molecule has 1 aromatic rings. The number of carbonyl (C=O) groups is 1. The van der Waals surface area contributed by atoms with E-state index >= 15 is 0 Å². The second-order valence-corrected chi connectivity index (χ2v) is 4.24. The van der Waals surface area contributed by atoms with Gasteiger partial charge in [0.2, 0.25) is 0 Å². The number of aromatic nitrogens is 1. The molecule has 0 aliphatic heterocycles. The first-order valence-electron chi connectivity index (χ1n) is 5.44. The maximum Gasteiger partial charge on any atom is 0.132 e. The lowest BCUT2D eigenvalue weighted by Gasteiger charge is -2.11. The molecule has 15 heavy (non-hydrogen) atoms. The fourth-order valence-electron chi connectivity index (χ4n) is 1.67. The molecule has 1 atom stereocenters. The summed E-state index contributed by atoms with van der Waals surface area (Å²) in [7, 11) is 0. The maximum atomic E-state index is 11.1. The van der Waals surface area contributed by atoms with Crippen molar-refractivity contribution < 1.29 is 4.79 Å². The smallest absolute Gasteiger partial charge is 0.132 e. The standard InChI is InChI=1S/C13H19NO/c1-9(12(4)15)5-6-13-10(2)7-8-14-11(13)3/h7-9H,5-6H2,1-4H3. The van der Waals surface area contributed by atoms with E-state index in [1.54, 1.807) is 6.92 Å². The summed E-state index contributed by atoms with van der Waals surface area (Å²) in [5.74, 6) is 0.429. The van der Waals surface area contributed by atoms with E-state index in [0.717, 1.165) is 18.5 Å². The van der Waals surface area contributed by atoms with Crippen LogP contribution in [-0.2, 0) is 11.2 Å². The minimum Gasteiger partial charge on any atom is -0.300 e. The maximum absolute atomic E-state index is 11.1. The third-order valence-corrected chi connectivity index (χ3v) is 3.03. The molecular formula is C13H19NO. The van der Waals surface area contributed by atoms with Crippen LogP contribution in [0, 0.1) is 19.8 Å². The van der Waals surface area contributed by atoms with Gasteiger partial charge in [-0.15, -0.1) is 0 Å². The molecule has 0 radical (unpaired) electrons. The van der Waals surface area contributed by atoms with Crippen LogP contribution >= 0.6 is 0 Å². The van der Waals surface area contributed by atoms with E-state index in [9.17, 15) is 4.79 Å². The number of hydrogen-bond acceptors (Lipinski definition) is 2. The van der Waals surface area contributed by atoms with E-state index in [2.05, 4.69) is 11.9 Å². The Morgan fingerprint density at radius 2 is 2.13 bits per heavy atom. The Labute approximate surface area is 91.7 Å². The predicted molar refractivity (Wildman–Crippen MR) is 61.9 cm³/mol. The van der Waals surface area contributed by atoms with Crippen molar-refractivity contribution in [3.8, 4) is 0 Å². The van der Waals surface area contributed by atoms with Crippen molar-refractivity contribution in [2.24, 2.45) is 5.92 Å². The molecular weight excluding hydrogens is 186 g/mol. The van der Waals surface area contributed by atoms with Gasteiger partial charge in [-0.2, -0.15) is 0 Å². The lowest BCUT2D eigenvalue weighted by atomic mass is 9.95. The average molecular weight is 205 g/mol. The number of aryl methyl sites for hydroxylation is 2. The van der Waals surface area contributed by atoms with Crippen LogP contribution in [0.3, 0.4) is 0 Å². The van der Waals surface area contributed by atoms with Crippen molar-refractivity contribution in [3.05, 3.63) is 29.1 Å². The zero-order valence-electron chi connectivity index (χ0n) is 10.0. The van der Waals surface area contributed by atoms with Gasteiger partial charge in [0.15, 0.2) is 0 Å². The van der Waals surface area contributed by atoms with E-state index in [0.29, 0.717) is 0 Å². The van der Waals surface area contributed by atoms with E-state index in [1.807, 2.05) is 26.1 Å². The third kappa shape index (κ3) is 3.15. The molecule has 1 unspecified atom stereocenters. The zero-order chi connectivity index (χ0) is 11.4. The van der Waals surface area contributed by atoms with Crippen LogP contribution in [0.5, 0.6) is 0 Å². The van der Waals surface area contributed by atoms with Gasteiger partial charge in [0, 0.05) is 17.8 Å². The van der Waals surface area contributed by atoms with E-state index in [4.69, 9.17) is 0 Å². The summed E-state index contributed by atoms with van der Waals surface area (Å²) < 4.78 is 0. The highest BCUT2D eigenvalue weighted by molar-refractivity contribution is 5.77. The molecule has 0 aromatic carbocycles. The Morgan fingerprint density at radius 3 is 2.67 bits per heavy atom. The van der Waals surface area contributed by atoms with E-state index in [-0.39, 0.29) is 11.7 Å². The van der Waals surface area contributed by atoms with Gasteiger partial charge >= 0.3 is 0 Å². The van der Waals surface area contributed by atoms with Crippen molar-refractivity contribution in [2.75, 3.05) is 0 Å². The molecule has 2 heteroatoms. The molecule has 1 heterocycles. The minimum absolute atomic E-state index is 0.156. The quantitative estimate of drug-likeness (QED) is 0.756. The Kier molecular flexibility index (Phi) is 4.01. The van der Waals surface area contributed by atoms with Gasteiger partial charge in [0.05, 0.1) is 0 Å². The molecule has 0 amide bonds. The molecule has 0 spiro atoms. The molecule has 82 valence electrons. The number of rotatable bonds is 4. The van der Waals surface area contributed by atoms with Crippen molar-refractivity contribution in [2.45, 2.75) is 40.5 Å². The number of ketones is 1. The van der Waals surface area contributed by atoms with Gasteiger partial charge in [-0.1, -0.05) is 6.92 Å². The molecule has 0 aliphatic carbocycles. The number of hydrogen-bond donors (Lipinski definition) is 0. The van der Waals surface area contributed by atoms with Crippen molar-refractivity contribution in [1.29, 1.82) is 0 Å². The molecule has 0 aliphatic rings. The summed E-state index contributed by atoms with van der Waals surface area (Å²) in [5, 5.41) is 0. The molecule has 0 N–H and O–H groups in total. The topological polar surface area (TPSA) is 30.0 Å². The van der Waals surface area contributed by atoms with Gasteiger partial charge < -0.3 is 0 Å². The molecule has 1 aromatic heterocycles. The predicted octanol–water partition coefficient (Wildman–Crippen LogP) is 2.86. The Hall–Kier alpha value is -1.18. The highest BCUT2D eigenvalue weighted by Gasteiger charge is 2.10. The highest BCUT2D eigenvalue weighted by Crippen LogP contribution is 2.16. The average Bonchev–Trinajstić information content (AvgIpc) is 2.16. The van der Waals surface area contributed by atoms with Crippen LogP contribution in [0.15, 0.2) is 12.3 Å². The van der Waals surface area contributed by atoms with Crippen LogP contribution in [-0.4, -0.2) is 10.8 Å². The third-order valence-electron chi connectivity index (χ3n) is 3.03. The Morgan fingerprint density at radius 1 is 1.47 bits per heavy atom. The van der Waals surface area contributed by atoms with Crippen molar-refractivity contribution >= 4 is 5.78 Å². The first kappa shape index (κ1) is 11.9. The van der Waals surface area contributed by atoms with E-state index in [1.165, 1.54) is 11.1 Å². The minimum atomic E-state index is 0.156. The number of Topliss-reactive ketones (excluding diaryl/α,β-unsaturated/α-hetero) is 1. The fourth-order valence-corrected chi connectivity index (χ4v) is 1.67. The van der Waals surface area contributed by atoms with Crippen LogP contribution in [0.4, 0.5) is 0 Å². The SMILES string of the molecule is CC(=O)C(C)CCc1c(C)ccnc1C. The Balaban J connectivity index is 2.69. The van der Waals surface area contributed by atoms with Gasteiger partial charge in [0.1, 0.15) is 5.78 Å². The summed E-state index contributed by atoms with van der Waals surface area (Å²) in [6.45, 7) is 7.78. The number of pyridine rings is 1. The Bertz CT molecular complexity index is 337. The van der Waals surface area contributed by atoms with Crippen molar-refractivity contribution in [3.63, 3.8) is 0 Å². The van der Waals surface area contributed by atoms with Crippen LogP contribution in [0.25, 0.3) is 0 Å². The summed E-state index contributed by atoms with van der Waals surface area (Å²) in [6.07, 6.45) is 3.71. The zero-order valence-corrected chi connectivity index (χ0v) is 10.0. The summed E-state index contributed by atoms with van der Waals surface area (Å²) in [5.41, 5.74) is 3.66. The molecule has 0 fully saturated rings. The summed E-state index contributed by atoms with van der Waals surface area (Å²) in [6, 6.07) is 2.03. The second kappa shape index (κ2) is 5.06. The molecule has 0 saturated heterocycles. The molecule has 0 bridgehead atoms. The van der Waals surface area contributed by atoms with Gasteiger partial charge in [-0.25, -0.2) is 0 Å². The van der Waals surface area contributed by atoms with Crippen LogP contribution in [0.2, 0.25) is 0 Å². The first-order chi connectivity index (χ1) is 7.02. The first-order valence-corrected chi connectivity index (χ1v) is 5.44. The fraction of sp³-hybridized carbons (Fsp3) is 0.538. The normalized spacial score (nSPS) is 12.5. The van der Waals surface area contributed by atoms with Crippen LogP contribution in [0.1, 0.15) is 37.1 Å². The lowest BCUT2D eigenvalue weighted by Crippen LogP contribution is -2.08. The molecule has 2 nitrogen and oxygen atoms in total. The molecule has 1 rings (SSSR count). The number of nitrogens with zero attached hydrogens (tertiary/aromatic N) is 1. The van der Waals surface area contributed by atoms with Crippen LogP contribution < -0.4 is 0 Å². The second-order valence-electron chi connectivity index (χ2n) is 4.24. The number of carbonyl (C=O) groups excluding carboxylic acids is 1. The lowest BCUT2D eigenvalue weighted by molar-refractivity contribution is -0.120. The van der Waals surface area contributed by atoms with Gasteiger partial charge in [-0.3, -0.25) is 9.78 Å².